The van der Waals surface area contributed by atoms with Crippen LogP contribution in [0.15, 0.2) is 54.7 Å². The minimum absolute atomic E-state index is 0.0136. The summed E-state index contributed by atoms with van der Waals surface area (Å²) in [5.74, 6) is 0.251. The Balaban J connectivity index is 1.21. The summed E-state index contributed by atoms with van der Waals surface area (Å²) in [6.07, 6.45) is 3.44. The average molecular weight is 613 g/mol. The number of hydrogen-bond acceptors (Lipinski definition) is 8. The number of pyridine rings is 1. The number of aromatic nitrogens is 3. The zero-order valence-corrected chi connectivity index (χ0v) is 26.1. The molecule has 0 amide bonds. The molecule has 2 aromatic heterocycles. The highest BCUT2D eigenvalue weighted by molar-refractivity contribution is 5.90. The molecule has 1 atom stereocenters. The lowest BCUT2D eigenvalue weighted by molar-refractivity contribution is -0.0972. The maximum atomic E-state index is 11.7. The van der Waals surface area contributed by atoms with Crippen molar-refractivity contribution in [3.05, 3.63) is 88.1 Å². The Hall–Kier alpha value is -4.25. The molecule has 2 aromatic carbocycles. The number of fused-ring (bicyclic) bond motifs is 1. The number of benzene rings is 2. The van der Waals surface area contributed by atoms with E-state index < -0.39 is 5.97 Å². The van der Waals surface area contributed by atoms with Crippen LogP contribution in [0.1, 0.15) is 45.1 Å². The molecule has 0 spiro atoms. The van der Waals surface area contributed by atoms with E-state index in [1.165, 1.54) is 33.1 Å². The first-order valence-corrected chi connectivity index (χ1v) is 15.6. The van der Waals surface area contributed by atoms with Gasteiger partial charge in [-0.05, 0) is 79.6 Å². The zero-order valence-electron chi connectivity index (χ0n) is 26.1. The second-order valence-electron chi connectivity index (χ2n) is 11.5. The van der Waals surface area contributed by atoms with Gasteiger partial charge in [-0.3, -0.25) is 0 Å². The van der Waals surface area contributed by atoms with Crippen LogP contribution in [0.25, 0.3) is 17.1 Å². The summed E-state index contributed by atoms with van der Waals surface area (Å²) in [6, 6.07) is 16.0. The fourth-order valence-corrected chi connectivity index (χ4v) is 6.18. The molecule has 2 aliphatic heterocycles. The first kappa shape index (κ1) is 30.8. The first-order valence-electron chi connectivity index (χ1n) is 15.6. The summed E-state index contributed by atoms with van der Waals surface area (Å²) in [6.45, 7) is 11.7. The molecule has 0 unspecified atom stereocenters. The Morgan fingerprint density at radius 1 is 1.04 bits per heavy atom. The molecule has 236 valence electrons. The number of carbonyl (C=O) groups is 1. The first-order chi connectivity index (χ1) is 21.9. The maximum Gasteiger partial charge on any atom is 0.342 e. The molecule has 1 N–H and O–H groups in total. The van der Waals surface area contributed by atoms with Crippen molar-refractivity contribution in [3.8, 4) is 28.7 Å². The molecule has 2 aliphatic rings. The Kier molecular flexibility index (Phi) is 9.44. The summed E-state index contributed by atoms with van der Waals surface area (Å²) in [5, 5.41) is 13.9. The van der Waals surface area contributed by atoms with E-state index in [0.717, 1.165) is 49.4 Å². The highest BCUT2D eigenvalue weighted by Crippen LogP contribution is 2.34. The second kappa shape index (κ2) is 13.8. The largest absolute Gasteiger partial charge is 0.488 e. The summed E-state index contributed by atoms with van der Waals surface area (Å²) in [5.41, 5.74) is 7.81. The third kappa shape index (κ3) is 6.73. The molecule has 6 rings (SSSR count). The highest BCUT2D eigenvalue weighted by atomic mass is 16.6. The van der Waals surface area contributed by atoms with Gasteiger partial charge in [0.15, 0.2) is 5.82 Å². The van der Waals surface area contributed by atoms with E-state index in [1.807, 2.05) is 37.3 Å². The molecule has 0 radical (unpaired) electrons. The fraction of sp³-hybridized carbons (Fsp3) is 0.400. The van der Waals surface area contributed by atoms with Crippen molar-refractivity contribution < 1.29 is 28.8 Å². The van der Waals surface area contributed by atoms with Crippen LogP contribution in [0.4, 0.5) is 0 Å². The van der Waals surface area contributed by atoms with Crippen molar-refractivity contribution in [2.45, 2.75) is 46.3 Å². The minimum Gasteiger partial charge on any atom is -0.488 e. The van der Waals surface area contributed by atoms with E-state index in [0.29, 0.717) is 44.5 Å². The Labute approximate surface area is 263 Å². The van der Waals surface area contributed by atoms with Gasteiger partial charge >= 0.3 is 5.97 Å². The van der Waals surface area contributed by atoms with Gasteiger partial charge in [0.05, 0.1) is 44.4 Å². The van der Waals surface area contributed by atoms with Crippen LogP contribution in [0.5, 0.6) is 11.6 Å². The van der Waals surface area contributed by atoms with Crippen LogP contribution in [-0.2, 0) is 28.9 Å². The number of aromatic carboxylic acids is 1. The molecular formula is C35H40N4O6. The molecular weight excluding hydrogens is 572 g/mol. The molecule has 4 heterocycles. The predicted molar refractivity (Wildman–Crippen MR) is 170 cm³/mol. The summed E-state index contributed by atoms with van der Waals surface area (Å²) in [4.78, 5) is 19.1. The number of aryl methyl sites for hydroxylation is 1. The topological polar surface area (TPSA) is 108 Å². The quantitative estimate of drug-likeness (QED) is 0.263. The number of para-hydroxylation sites is 1. The summed E-state index contributed by atoms with van der Waals surface area (Å²) < 4.78 is 25.1. The van der Waals surface area contributed by atoms with Crippen LogP contribution in [0, 0.1) is 13.8 Å². The van der Waals surface area contributed by atoms with Crippen molar-refractivity contribution in [2.75, 3.05) is 46.1 Å². The van der Waals surface area contributed by atoms with Crippen molar-refractivity contribution in [3.63, 3.8) is 0 Å². The molecule has 0 aliphatic carbocycles. The van der Waals surface area contributed by atoms with Gasteiger partial charge in [-0.15, -0.1) is 0 Å². The van der Waals surface area contributed by atoms with E-state index in [4.69, 9.17) is 23.9 Å². The fourth-order valence-electron chi connectivity index (χ4n) is 6.18. The van der Waals surface area contributed by atoms with Crippen LogP contribution < -0.4 is 9.47 Å². The van der Waals surface area contributed by atoms with Crippen LogP contribution in [0.2, 0.25) is 0 Å². The van der Waals surface area contributed by atoms with Gasteiger partial charge in [0.25, 0.3) is 0 Å². The monoisotopic (exact) mass is 612 g/mol. The minimum atomic E-state index is -1.11. The molecule has 1 saturated heterocycles. The number of rotatable bonds is 10. The Bertz CT molecular complexity index is 1660. The zero-order chi connectivity index (χ0) is 31.3. The normalized spacial score (nSPS) is 17.0. The predicted octanol–water partition coefficient (Wildman–Crippen LogP) is 5.04. The van der Waals surface area contributed by atoms with E-state index in [-0.39, 0.29) is 17.5 Å². The number of nitrogens with zero attached hydrogens (tertiary/aromatic N) is 4. The van der Waals surface area contributed by atoms with E-state index in [9.17, 15) is 9.90 Å². The smallest absolute Gasteiger partial charge is 0.342 e. The van der Waals surface area contributed by atoms with Gasteiger partial charge in [0.1, 0.15) is 17.9 Å². The molecule has 10 heteroatoms. The van der Waals surface area contributed by atoms with Gasteiger partial charge in [0, 0.05) is 25.2 Å². The number of carboxylic acid groups (broad SMARTS) is 1. The third-order valence-corrected chi connectivity index (χ3v) is 8.58. The Morgan fingerprint density at radius 2 is 1.89 bits per heavy atom. The van der Waals surface area contributed by atoms with E-state index in [2.05, 4.69) is 29.1 Å². The Morgan fingerprint density at radius 3 is 2.69 bits per heavy atom. The maximum absolute atomic E-state index is 11.7. The van der Waals surface area contributed by atoms with E-state index in [1.54, 1.807) is 13.0 Å². The van der Waals surface area contributed by atoms with Crippen molar-refractivity contribution in [1.82, 2.24) is 19.7 Å². The highest BCUT2D eigenvalue weighted by Gasteiger charge is 2.23. The van der Waals surface area contributed by atoms with Crippen LogP contribution in [-0.4, -0.2) is 82.9 Å². The molecule has 1 fully saturated rings. The molecule has 0 saturated carbocycles. The van der Waals surface area contributed by atoms with Crippen LogP contribution >= 0.6 is 0 Å². The molecule has 45 heavy (non-hydrogen) atoms. The van der Waals surface area contributed by atoms with Gasteiger partial charge in [-0.25, -0.2) is 9.78 Å². The second-order valence-corrected chi connectivity index (χ2v) is 11.5. The molecule has 4 aromatic rings. The van der Waals surface area contributed by atoms with Gasteiger partial charge < -0.3 is 29.0 Å². The number of hydrogen-bond donors (Lipinski definition) is 1. The lowest BCUT2D eigenvalue weighted by Crippen LogP contribution is -2.41. The van der Waals surface area contributed by atoms with Crippen molar-refractivity contribution >= 4 is 5.97 Å². The number of ether oxygens (including phenoxy) is 4. The lowest BCUT2D eigenvalue weighted by atomic mass is 9.94. The van der Waals surface area contributed by atoms with Gasteiger partial charge in [-0.1, -0.05) is 30.3 Å². The molecule has 0 bridgehead atoms. The van der Waals surface area contributed by atoms with Gasteiger partial charge in [-0.2, -0.15) is 9.78 Å². The van der Waals surface area contributed by atoms with E-state index >= 15 is 0 Å². The number of carboxylic acids is 1. The van der Waals surface area contributed by atoms with Gasteiger partial charge in [0.2, 0.25) is 5.88 Å². The third-order valence-electron chi connectivity index (χ3n) is 8.58. The van der Waals surface area contributed by atoms with Crippen molar-refractivity contribution in [2.24, 2.45) is 0 Å². The van der Waals surface area contributed by atoms with Crippen LogP contribution in [0.3, 0.4) is 0 Å². The lowest BCUT2D eigenvalue weighted by Gasteiger charge is -2.29. The molecule has 10 nitrogen and oxygen atoms in total. The average Bonchev–Trinajstić information content (AvgIpc) is 3.36. The summed E-state index contributed by atoms with van der Waals surface area (Å²) in [7, 11) is 0. The standard InChI is InChI=1S/C35H40N4O6/c1-4-43-34-30(35(40)41)19-36-39(34)32-10-6-9-31(37-32)29-8-5-7-23(2)33(29)45-21-26-12-11-25-13-15-38(16-14-28(25)24(26)3)20-27-22-42-17-18-44-27/h5-12,19,27H,4,13-18,20-22H2,1-3H3,(H,40,41)/t27-/m0/s1. The van der Waals surface area contributed by atoms with Crippen molar-refractivity contribution in [1.29, 1.82) is 0 Å². The summed E-state index contributed by atoms with van der Waals surface area (Å²) >= 11 is 0. The SMILES string of the molecule is CCOc1c(C(=O)O)cnn1-c1cccc(-c2cccc(C)c2OCc2ccc3c(c2C)CCN(C[C@H]2COCCO2)CC3)n1.